The summed E-state index contributed by atoms with van der Waals surface area (Å²) in [6, 6.07) is 11.7. The number of hydrogen-bond donors (Lipinski definition) is 1. The van der Waals surface area contributed by atoms with Gasteiger partial charge < -0.3 is 10.6 Å². The SMILES string of the molecule is CN(C)c1ccc(-n2nnc(-c3ccncc3)c2N)cc1. The zero-order valence-corrected chi connectivity index (χ0v) is 11.9. The summed E-state index contributed by atoms with van der Waals surface area (Å²) in [6.45, 7) is 0. The Bertz CT molecular complexity index is 731. The molecule has 0 aliphatic rings. The summed E-state index contributed by atoms with van der Waals surface area (Å²) >= 11 is 0. The second kappa shape index (κ2) is 5.24. The van der Waals surface area contributed by atoms with E-state index in [1.807, 2.05) is 55.4 Å². The molecule has 0 spiro atoms. The number of nitrogens with zero attached hydrogens (tertiary/aromatic N) is 5. The second-order valence-corrected chi connectivity index (χ2v) is 4.88. The highest BCUT2D eigenvalue weighted by Crippen LogP contribution is 2.25. The molecule has 3 aromatic rings. The van der Waals surface area contributed by atoms with Gasteiger partial charge in [-0.3, -0.25) is 4.98 Å². The summed E-state index contributed by atoms with van der Waals surface area (Å²) in [6.07, 6.45) is 3.42. The van der Waals surface area contributed by atoms with Gasteiger partial charge in [0.05, 0.1) is 5.69 Å². The first-order valence-electron chi connectivity index (χ1n) is 6.56. The lowest BCUT2D eigenvalue weighted by molar-refractivity contribution is 0.810. The molecule has 0 amide bonds. The maximum atomic E-state index is 6.17. The van der Waals surface area contributed by atoms with Crippen LogP contribution in [0.15, 0.2) is 48.8 Å². The van der Waals surface area contributed by atoms with Crippen LogP contribution in [0.2, 0.25) is 0 Å². The van der Waals surface area contributed by atoms with E-state index in [4.69, 9.17) is 5.73 Å². The average molecular weight is 280 g/mol. The van der Waals surface area contributed by atoms with Gasteiger partial charge in [0.25, 0.3) is 0 Å². The number of pyridine rings is 1. The molecular weight excluding hydrogens is 264 g/mol. The lowest BCUT2D eigenvalue weighted by Gasteiger charge is -2.12. The minimum absolute atomic E-state index is 0.513. The molecule has 0 bridgehead atoms. The molecule has 21 heavy (non-hydrogen) atoms. The van der Waals surface area contributed by atoms with Gasteiger partial charge in [-0.2, -0.15) is 4.68 Å². The number of nitrogen functional groups attached to an aromatic ring is 1. The molecule has 0 aliphatic carbocycles. The summed E-state index contributed by atoms with van der Waals surface area (Å²) in [4.78, 5) is 6.03. The number of aromatic nitrogens is 4. The van der Waals surface area contributed by atoms with Gasteiger partial charge in [-0.25, -0.2) is 0 Å². The van der Waals surface area contributed by atoms with Gasteiger partial charge >= 0.3 is 0 Å². The smallest absolute Gasteiger partial charge is 0.155 e. The van der Waals surface area contributed by atoms with E-state index in [1.165, 1.54) is 0 Å². The van der Waals surface area contributed by atoms with Crippen molar-refractivity contribution in [2.75, 3.05) is 24.7 Å². The minimum atomic E-state index is 0.513. The van der Waals surface area contributed by atoms with E-state index >= 15 is 0 Å². The molecular formula is C15H16N6. The number of anilines is 2. The Morgan fingerprint density at radius 3 is 2.29 bits per heavy atom. The van der Waals surface area contributed by atoms with Crippen molar-refractivity contribution >= 4 is 11.5 Å². The van der Waals surface area contributed by atoms with Crippen LogP contribution < -0.4 is 10.6 Å². The normalized spacial score (nSPS) is 10.6. The predicted octanol–water partition coefficient (Wildman–Crippen LogP) is 1.98. The Kier molecular flexibility index (Phi) is 3.27. The number of benzene rings is 1. The summed E-state index contributed by atoms with van der Waals surface area (Å²) in [5.74, 6) is 0.513. The molecule has 0 saturated heterocycles. The molecule has 0 saturated carbocycles. The van der Waals surface area contributed by atoms with E-state index in [9.17, 15) is 0 Å². The first-order valence-corrected chi connectivity index (χ1v) is 6.56. The molecule has 0 fully saturated rings. The molecule has 2 aromatic heterocycles. The average Bonchev–Trinajstić information content (AvgIpc) is 2.90. The van der Waals surface area contributed by atoms with Crippen molar-refractivity contribution in [2.45, 2.75) is 0 Å². The molecule has 3 rings (SSSR count). The summed E-state index contributed by atoms with van der Waals surface area (Å²) in [7, 11) is 4.00. The Morgan fingerprint density at radius 2 is 1.67 bits per heavy atom. The summed E-state index contributed by atoms with van der Waals surface area (Å²) in [5, 5.41) is 8.31. The van der Waals surface area contributed by atoms with Crippen molar-refractivity contribution in [3.05, 3.63) is 48.8 Å². The zero-order valence-electron chi connectivity index (χ0n) is 11.9. The van der Waals surface area contributed by atoms with Crippen molar-refractivity contribution in [1.82, 2.24) is 20.0 Å². The van der Waals surface area contributed by atoms with Gasteiger partial charge in [-0.1, -0.05) is 5.21 Å². The Hall–Kier alpha value is -2.89. The van der Waals surface area contributed by atoms with Crippen LogP contribution in [0.1, 0.15) is 0 Å². The lowest BCUT2D eigenvalue weighted by atomic mass is 10.2. The molecule has 106 valence electrons. The van der Waals surface area contributed by atoms with Crippen molar-refractivity contribution < 1.29 is 0 Å². The first-order chi connectivity index (χ1) is 10.2. The van der Waals surface area contributed by atoms with Crippen LogP contribution >= 0.6 is 0 Å². The highest BCUT2D eigenvalue weighted by atomic mass is 15.5. The standard InChI is InChI=1S/C15H16N6/c1-20(2)12-3-5-13(6-4-12)21-15(16)14(18-19-21)11-7-9-17-10-8-11/h3-10H,16H2,1-2H3. The van der Waals surface area contributed by atoms with E-state index in [-0.39, 0.29) is 0 Å². The van der Waals surface area contributed by atoms with Crippen LogP contribution in [0.3, 0.4) is 0 Å². The van der Waals surface area contributed by atoms with Gasteiger partial charge in [-0.05, 0) is 36.4 Å². The second-order valence-electron chi connectivity index (χ2n) is 4.88. The van der Waals surface area contributed by atoms with Crippen LogP contribution in [-0.4, -0.2) is 34.1 Å². The van der Waals surface area contributed by atoms with Crippen molar-refractivity contribution in [3.8, 4) is 16.9 Å². The van der Waals surface area contributed by atoms with E-state index in [0.717, 1.165) is 16.9 Å². The number of hydrogen-bond acceptors (Lipinski definition) is 5. The Balaban J connectivity index is 1.99. The van der Waals surface area contributed by atoms with E-state index < -0.39 is 0 Å². The van der Waals surface area contributed by atoms with Crippen LogP contribution in [0.25, 0.3) is 16.9 Å². The summed E-state index contributed by atoms with van der Waals surface area (Å²) in [5.41, 5.74) is 9.73. The summed E-state index contributed by atoms with van der Waals surface area (Å²) < 4.78 is 1.63. The lowest BCUT2D eigenvalue weighted by Crippen LogP contribution is -2.09. The van der Waals surface area contributed by atoms with Gasteiger partial charge in [0.15, 0.2) is 5.82 Å². The van der Waals surface area contributed by atoms with E-state index in [1.54, 1.807) is 17.1 Å². The molecule has 0 atom stereocenters. The molecule has 1 aromatic carbocycles. The molecule has 0 aliphatic heterocycles. The van der Waals surface area contributed by atoms with Gasteiger partial charge in [-0.15, -0.1) is 5.10 Å². The molecule has 0 radical (unpaired) electrons. The van der Waals surface area contributed by atoms with E-state index in [2.05, 4.69) is 15.3 Å². The largest absolute Gasteiger partial charge is 0.382 e. The van der Waals surface area contributed by atoms with Crippen LogP contribution in [0.5, 0.6) is 0 Å². The molecule has 6 heteroatoms. The Morgan fingerprint density at radius 1 is 1.00 bits per heavy atom. The monoisotopic (exact) mass is 280 g/mol. The fraction of sp³-hybridized carbons (Fsp3) is 0.133. The first kappa shape index (κ1) is 13.1. The highest BCUT2D eigenvalue weighted by Gasteiger charge is 2.12. The fourth-order valence-electron chi connectivity index (χ4n) is 2.09. The Labute approximate surface area is 122 Å². The van der Waals surface area contributed by atoms with Crippen LogP contribution in [-0.2, 0) is 0 Å². The predicted molar refractivity (Wildman–Crippen MR) is 83.3 cm³/mol. The van der Waals surface area contributed by atoms with Crippen LogP contribution in [0.4, 0.5) is 11.5 Å². The van der Waals surface area contributed by atoms with Crippen molar-refractivity contribution in [1.29, 1.82) is 0 Å². The van der Waals surface area contributed by atoms with Gasteiger partial charge in [0, 0.05) is 37.7 Å². The van der Waals surface area contributed by atoms with Crippen molar-refractivity contribution in [3.63, 3.8) is 0 Å². The van der Waals surface area contributed by atoms with Gasteiger partial charge in [0.2, 0.25) is 0 Å². The minimum Gasteiger partial charge on any atom is -0.382 e. The molecule has 2 N–H and O–H groups in total. The quantitative estimate of drug-likeness (QED) is 0.794. The number of rotatable bonds is 3. The highest BCUT2D eigenvalue weighted by molar-refractivity contribution is 5.70. The molecule has 2 heterocycles. The van der Waals surface area contributed by atoms with Gasteiger partial charge in [0.1, 0.15) is 5.69 Å². The maximum Gasteiger partial charge on any atom is 0.155 e. The van der Waals surface area contributed by atoms with E-state index in [0.29, 0.717) is 11.5 Å². The third-order valence-electron chi connectivity index (χ3n) is 3.27. The van der Waals surface area contributed by atoms with Crippen LogP contribution in [0, 0.1) is 0 Å². The number of nitrogens with two attached hydrogens (primary N) is 1. The third-order valence-corrected chi connectivity index (χ3v) is 3.27. The van der Waals surface area contributed by atoms with Crippen molar-refractivity contribution in [2.24, 2.45) is 0 Å². The maximum absolute atomic E-state index is 6.17. The fourth-order valence-corrected chi connectivity index (χ4v) is 2.09. The molecule has 0 unspecified atom stereocenters. The molecule has 6 nitrogen and oxygen atoms in total. The third kappa shape index (κ3) is 2.43. The topological polar surface area (TPSA) is 72.9 Å². The zero-order chi connectivity index (χ0) is 14.8.